The maximum Gasteiger partial charge on any atom is 0.148 e. The molecule has 1 aromatic heterocycles. The van der Waals surface area contributed by atoms with Crippen LogP contribution in [0.4, 0.5) is 11.6 Å². The Kier molecular flexibility index (Phi) is 4.55. The summed E-state index contributed by atoms with van der Waals surface area (Å²) in [6.45, 7) is 6.90. The summed E-state index contributed by atoms with van der Waals surface area (Å²) >= 11 is 0. The molecule has 6 nitrogen and oxygen atoms in total. The molecule has 2 rings (SSSR count). The first-order valence-electron chi connectivity index (χ1n) is 6.86. The second-order valence-corrected chi connectivity index (χ2v) is 5.01. The number of nitrogen functional groups attached to an aromatic ring is 1. The van der Waals surface area contributed by atoms with E-state index in [1.54, 1.807) is 0 Å². The Bertz CT molecular complexity index is 437. The van der Waals surface area contributed by atoms with Crippen molar-refractivity contribution in [2.45, 2.75) is 52.2 Å². The minimum absolute atomic E-state index is 0.297. The number of hydrazine groups is 1. The molecule has 0 saturated carbocycles. The van der Waals surface area contributed by atoms with Gasteiger partial charge in [-0.3, -0.25) is 0 Å². The third-order valence-corrected chi connectivity index (χ3v) is 3.47. The van der Waals surface area contributed by atoms with Gasteiger partial charge in [-0.1, -0.05) is 6.92 Å². The number of rotatable bonds is 4. The van der Waals surface area contributed by atoms with E-state index in [2.05, 4.69) is 27.6 Å². The Morgan fingerprint density at radius 3 is 2.74 bits per heavy atom. The molecule has 0 radical (unpaired) electrons. The third-order valence-electron chi connectivity index (χ3n) is 3.47. The van der Waals surface area contributed by atoms with Gasteiger partial charge in [0.15, 0.2) is 0 Å². The van der Waals surface area contributed by atoms with Crippen molar-refractivity contribution in [3.8, 4) is 0 Å². The number of hydrogen-bond acceptors (Lipinski definition) is 6. The molecular weight excluding hydrogens is 242 g/mol. The largest absolute Gasteiger partial charge is 0.378 e. The molecule has 1 aliphatic heterocycles. The predicted molar refractivity (Wildman–Crippen MR) is 76.0 cm³/mol. The van der Waals surface area contributed by atoms with E-state index in [4.69, 9.17) is 10.6 Å². The van der Waals surface area contributed by atoms with Gasteiger partial charge in [0, 0.05) is 24.6 Å². The van der Waals surface area contributed by atoms with E-state index in [0.717, 1.165) is 43.1 Å². The van der Waals surface area contributed by atoms with Crippen LogP contribution in [-0.4, -0.2) is 28.7 Å². The summed E-state index contributed by atoms with van der Waals surface area (Å²) in [5.41, 5.74) is 3.60. The van der Waals surface area contributed by atoms with Crippen LogP contribution < -0.4 is 16.6 Å². The highest BCUT2D eigenvalue weighted by molar-refractivity contribution is 5.57. The van der Waals surface area contributed by atoms with E-state index in [-0.39, 0.29) is 0 Å². The number of aryl methyl sites for hydroxylation is 1. The summed E-state index contributed by atoms with van der Waals surface area (Å²) in [7, 11) is 0. The van der Waals surface area contributed by atoms with Crippen LogP contribution in [0.2, 0.25) is 0 Å². The van der Waals surface area contributed by atoms with Crippen LogP contribution in [0.25, 0.3) is 0 Å². The molecule has 2 unspecified atom stereocenters. The minimum atomic E-state index is 0.297. The van der Waals surface area contributed by atoms with Crippen molar-refractivity contribution in [3.63, 3.8) is 0 Å². The van der Waals surface area contributed by atoms with Crippen LogP contribution in [0.5, 0.6) is 0 Å². The molecule has 0 amide bonds. The summed E-state index contributed by atoms with van der Waals surface area (Å²) in [5.74, 6) is 7.87. The monoisotopic (exact) mass is 265 g/mol. The average Bonchev–Trinajstić information content (AvgIpc) is 2.41. The number of nitrogens with one attached hydrogen (secondary N) is 2. The predicted octanol–water partition coefficient (Wildman–Crippen LogP) is 1.61. The second-order valence-electron chi connectivity index (χ2n) is 5.01. The van der Waals surface area contributed by atoms with Gasteiger partial charge in [-0.25, -0.2) is 15.8 Å². The fraction of sp³-hybridized carbons (Fsp3) is 0.692. The van der Waals surface area contributed by atoms with E-state index in [9.17, 15) is 0 Å². The topological polar surface area (TPSA) is 85.1 Å². The first kappa shape index (κ1) is 14.0. The highest BCUT2D eigenvalue weighted by Crippen LogP contribution is 2.23. The Morgan fingerprint density at radius 1 is 1.37 bits per heavy atom. The molecule has 2 heterocycles. The molecule has 0 spiro atoms. The van der Waals surface area contributed by atoms with Gasteiger partial charge in [-0.15, -0.1) is 0 Å². The number of nitrogens with two attached hydrogens (primary N) is 1. The lowest BCUT2D eigenvalue weighted by Gasteiger charge is -2.29. The zero-order valence-corrected chi connectivity index (χ0v) is 11.9. The van der Waals surface area contributed by atoms with Crippen molar-refractivity contribution in [1.82, 2.24) is 9.97 Å². The summed E-state index contributed by atoms with van der Waals surface area (Å²) < 4.78 is 5.56. The van der Waals surface area contributed by atoms with Gasteiger partial charge in [-0.2, -0.15) is 0 Å². The molecule has 2 atom stereocenters. The van der Waals surface area contributed by atoms with Gasteiger partial charge < -0.3 is 15.5 Å². The van der Waals surface area contributed by atoms with E-state index in [0.29, 0.717) is 18.0 Å². The first-order valence-corrected chi connectivity index (χ1v) is 6.86. The SMILES string of the molecule is CCc1nc(NN)c(C)c(NC2CCOC(C)C2)n1. The van der Waals surface area contributed by atoms with E-state index < -0.39 is 0 Å². The molecule has 1 fully saturated rings. The van der Waals surface area contributed by atoms with Gasteiger partial charge in [0.25, 0.3) is 0 Å². The van der Waals surface area contributed by atoms with Gasteiger partial charge in [-0.05, 0) is 26.7 Å². The number of ether oxygens (including phenoxy) is 1. The smallest absolute Gasteiger partial charge is 0.148 e. The molecule has 1 aromatic rings. The lowest BCUT2D eigenvalue weighted by atomic mass is 10.0. The van der Waals surface area contributed by atoms with E-state index >= 15 is 0 Å². The summed E-state index contributed by atoms with van der Waals surface area (Å²) in [6, 6.07) is 0.396. The Balaban J connectivity index is 2.18. The summed E-state index contributed by atoms with van der Waals surface area (Å²) in [4.78, 5) is 8.93. The molecular formula is C13H23N5O. The van der Waals surface area contributed by atoms with E-state index in [1.165, 1.54) is 0 Å². The molecule has 19 heavy (non-hydrogen) atoms. The Morgan fingerprint density at radius 2 is 2.11 bits per heavy atom. The zero-order chi connectivity index (χ0) is 13.8. The van der Waals surface area contributed by atoms with Crippen molar-refractivity contribution in [1.29, 1.82) is 0 Å². The van der Waals surface area contributed by atoms with Crippen LogP contribution in [0, 0.1) is 6.92 Å². The van der Waals surface area contributed by atoms with Gasteiger partial charge in [0.05, 0.1) is 6.10 Å². The van der Waals surface area contributed by atoms with Crippen molar-refractivity contribution in [2.24, 2.45) is 5.84 Å². The molecule has 1 saturated heterocycles. The van der Waals surface area contributed by atoms with Crippen LogP contribution in [0.3, 0.4) is 0 Å². The van der Waals surface area contributed by atoms with Crippen molar-refractivity contribution < 1.29 is 4.74 Å². The number of hydrogen-bond donors (Lipinski definition) is 3. The fourth-order valence-corrected chi connectivity index (χ4v) is 2.32. The fourth-order valence-electron chi connectivity index (χ4n) is 2.32. The van der Waals surface area contributed by atoms with Crippen molar-refractivity contribution >= 4 is 11.6 Å². The lowest BCUT2D eigenvalue weighted by molar-refractivity contribution is 0.0231. The summed E-state index contributed by atoms with van der Waals surface area (Å²) in [6.07, 6.45) is 3.08. The summed E-state index contributed by atoms with van der Waals surface area (Å²) in [5, 5.41) is 3.50. The third kappa shape index (κ3) is 3.33. The van der Waals surface area contributed by atoms with Crippen molar-refractivity contribution in [3.05, 3.63) is 11.4 Å². The molecule has 4 N–H and O–H groups in total. The van der Waals surface area contributed by atoms with Crippen LogP contribution >= 0.6 is 0 Å². The van der Waals surface area contributed by atoms with Crippen LogP contribution in [0.1, 0.15) is 38.1 Å². The molecule has 0 aliphatic carbocycles. The lowest BCUT2D eigenvalue weighted by Crippen LogP contribution is -2.33. The average molecular weight is 265 g/mol. The quantitative estimate of drug-likeness (QED) is 0.566. The molecule has 106 valence electrons. The molecule has 0 bridgehead atoms. The molecule has 0 aromatic carbocycles. The second kappa shape index (κ2) is 6.16. The zero-order valence-electron chi connectivity index (χ0n) is 11.9. The number of nitrogens with zero attached hydrogens (tertiary/aromatic N) is 2. The van der Waals surface area contributed by atoms with Crippen LogP contribution in [-0.2, 0) is 11.2 Å². The van der Waals surface area contributed by atoms with Gasteiger partial charge in [0.1, 0.15) is 17.5 Å². The number of anilines is 2. The highest BCUT2D eigenvalue weighted by atomic mass is 16.5. The minimum Gasteiger partial charge on any atom is -0.378 e. The van der Waals surface area contributed by atoms with E-state index in [1.807, 2.05) is 13.8 Å². The highest BCUT2D eigenvalue weighted by Gasteiger charge is 2.21. The number of aromatic nitrogens is 2. The van der Waals surface area contributed by atoms with Crippen molar-refractivity contribution in [2.75, 3.05) is 17.3 Å². The van der Waals surface area contributed by atoms with Gasteiger partial charge in [0.2, 0.25) is 0 Å². The normalized spacial score (nSPS) is 23.2. The van der Waals surface area contributed by atoms with Crippen LogP contribution in [0.15, 0.2) is 0 Å². The standard InChI is InChI=1S/C13H23N5O/c1-4-11-16-12(9(3)13(17-11)18-14)15-10-5-6-19-8(2)7-10/h8,10H,4-7,14H2,1-3H3,(H2,15,16,17,18). The molecule has 1 aliphatic rings. The maximum atomic E-state index is 5.56. The Labute approximate surface area is 114 Å². The molecule has 6 heteroatoms. The Hall–Kier alpha value is -1.40. The van der Waals surface area contributed by atoms with Gasteiger partial charge >= 0.3 is 0 Å². The first-order chi connectivity index (χ1) is 9.13. The maximum absolute atomic E-state index is 5.56.